The zero-order valence-corrected chi connectivity index (χ0v) is 18.9. The van der Waals surface area contributed by atoms with Crippen molar-refractivity contribution < 1.29 is 14.0 Å². The summed E-state index contributed by atoms with van der Waals surface area (Å²) < 4.78 is 6.43. The van der Waals surface area contributed by atoms with Crippen LogP contribution in [0.1, 0.15) is 42.7 Å². The first-order valence-electron chi connectivity index (χ1n) is 9.82. The number of benzene rings is 2. The van der Waals surface area contributed by atoms with Crippen LogP contribution < -0.4 is 0 Å². The van der Waals surface area contributed by atoms with Crippen LogP contribution in [0.5, 0.6) is 0 Å². The maximum atomic E-state index is 13.1. The highest BCUT2D eigenvalue weighted by Crippen LogP contribution is 2.44. The summed E-state index contributed by atoms with van der Waals surface area (Å²) in [6.07, 6.45) is -0.719. The van der Waals surface area contributed by atoms with Gasteiger partial charge in [0.2, 0.25) is 0 Å². The first kappa shape index (κ1) is 21.8. The normalized spacial score (nSPS) is 19.1. The third kappa shape index (κ3) is 4.02. The second-order valence-electron chi connectivity index (χ2n) is 8.90. The van der Waals surface area contributed by atoms with Crippen molar-refractivity contribution in [2.45, 2.75) is 51.0 Å². The number of β-lactam (4-membered cyclic amide) rings is 1. The molecule has 0 bridgehead atoms. The van der Waals surface area contributed by atoms with Crippen molar-refractivity contribution in [1.29, 1.82) is 0 Å². The number of carbonyl (C=O) groups is 2. The average Bonchev–Trinajstić information content (AvgIpc) is 2.70. The van der Waals surface area contributed by atoms with Crippen molar-refractivity contribution in [2.75, 3.05) is 0 Å². The molecule has 0 unspecified atom stereocenters. The van der Waals surface area contributed by atoms with Crippen molar-refractivity contribution in [3.63, 3.8) is 0 Å². The van der Waals surface area contributed by atoms with Crippen LogP contribution in [0.25, 0.3) is 10.4 Å². The van der Waals surface area contributed by atoms with E-state index in [1.54, 1.807) is 48.5 Å². The predicted molar refractivity (Wildman–Crippen MR) is 118 cm³/mol. The van der Waals surface area contributed by atoms with E-state index in [2.05, 4.69) is 43.9 Å². The summed E-state index contributed by atoms with van der Waals surface area (Å²) in [5, 5.41) is 3.51. The Labute approximate surface area is 177 Å². The molecule has 0 radical (unpaired) electrons. The summed E-state index contributed by atoms with van der Waals surface area (Å²) in [4.78, 5) is 30.2. The summed E-state index contributed by atoms with van der Waals surface area (Å²) >= 11 is 0. The van der Waals surface area contributed by atoms with Crippen molar-refractivity contribution >= 4 is 25.8 Å². The molecule has 2 atom stereocenters. The molecule has 1 fully saturated rings. The minimum atomic E-state index is -2.25. The van der Waals surface area contributed by atoms with Gasteiger partial charge in [0.15, 0.2) is 14.4 Å². The fourth-order valence-corrected chi connectivity index (χ4v) is 4.35. The second-order valence-corrected chi connectivity index (χ2v) is 13.7. The van der Waals surface area contributed by atoms with Gasteiger partial charge in [0.25, 0.3) is 11.8 Å². The third-order valence-corrected chi connectivity index (χ3v) is 10.4. The highest BCUT2D eigenvalue weighted by molar-refractivity contribution is 6.74. The van der Waals surface area contributed by atoms with Gasteiger partial charge in [0, 0.05) is 16.2 Å². The van der Waals surface area contributed by atoms with Crippen molar-refractivity contribution in [3.8, 4) is 0 Å². The molecule has 0 saturated carbocycles. The highest BCUT2D eigenvalue weighted by Gasteiger charge is 2.55. The smallest absolute Gasteiger partial charge is 0.261 e. The number of likely N-dealkylation sites (tertiary alicyclic amines) is 1. The highest BCUT2D eigenvalue weighted by atomic mass is 28.4. The number of carbonyl (C=O) groups excluding carboxylic acids is 2. The quantitative estimate of drug-likeness (QED) is 0.153. The van der Waals surface area contributed by atoms with Gasteiger partial charge in [-0.05, 0) is 41.4 Å². The third-order valence-electron chi connectivity index (χ3n) is 5.91. The first-order chi connectivity index (χ1) is 14.1. The summed E-state index contributed by atoms with van der Waals surface area (Å²) in [6, 6.07) is 15.1. The first-order valence-corrected chi connectivity index (χ1v) is 12.7. The Balaban J connectivity index is 1.98. The van der Waals surface area contributed by atoms with Crippen molar-refractivity contribution in [1.82, 2.24) is 4.90 Å². The van der Waals surface area contributed by atoms with E-state index in [1.807, 2.05) is 6.07 Å². The van der Waals surface area contributed by atoms with Crippen LogP contribution in [-0.4, -0.2) is 31.1 Å². The van der Waals surface area contributed by atoms with Crippen molar-refractivity contribution in [2.24, 2.45) is 5.11 Å². The molecule has 30 heavy (non-hydrogen) atoms. The molecule has 8 heteroatoms. The van der Waals surface area contributed by atoms with Crippen LogP contribution in [0.3, 0.4) is 0 Å². The van der Waals surface area contributed by atoms with Crippen LogP contribution in [0, 0.1) is 0 Å². The van der Waals surface area contributed by atoms with Gasteiger partial charge in [-0.3, -0.25) is 14.5 Å². The Morgan fingerprint density at radius 3 is 2.23 bits per heavy atom. The topological polar surface area (TPSA) is 95.4 Å². The lowest BCUT2D eigenvalue weighted by Gasteiger charge is -2.50. The number of imide groups is 1. The van der Waals surface area contributed by atoms with E-state index < -0.39 is 20.5 Å². The number of nitrogens with zero attached hydrogens (tertiary/aromatic N) is 4. The molecule has 3 rings (SSSR count). The summed E-state index contributed by atoms with van der Waals surface area (Å²) in [5.41, 5.74) is 10.3. The van der Waals surface area contributed by atoms with E-state index in [9.17, 15) is 9.59 Å². The minimum Gasteiger partial charge on any atom is -0.403 e. The molecular formula is C22H26N4O3Si. The fraction of sp³-hybridized carbons (Fsp3) is 0.364. The molecule has 156 valence electrons. The lowest BCUT2D eigenvalue weighted by atomic mass is 9.89. The molecule has 2 amide bonds. The Kier molecular flexibility index (Phi) is 5.85. The monoisotopic (exact) mass is 422 g/mol. The van der Waals surface area contributed by atoms with E-state index >= 15 is 0 Å². The van der Waals surface area contributed by atoms with Gasteiger partial charge in [-0.15, -0.1) is 0 Å². The van der Waals surface area contributed by atoms with Crippen LogP contribution in [-0.2, 0) is 9.22 Å². The molecule has 1 aliphatic heterocycles. The van der Waals surface area contributed by atoms with Crippen LogP contribution in [0.15, 0.2) is 59.7 Å². The SMILES string of the molecule is CC(C)(C)[Si](C)(C)O[C@H]1C(=O)N(C(=O)c2ccccc2)[C@H]1c1ccc(N=[N+]=[N-])cc1. The van der Waals surface area contributed by atoms with Crippen LogP contribution >= 0.6 is 0 Å². The number of hydrogen-bond acceptors (Lipinski definition) is 4. The Morgan fingerprint density at radius 1 is 1.10 bits per heavy atom. The lowest BCUT2D eigenvalue weighted by Crippen LogP contribution is -2.65. The van der Waals surface area contributed by atoms with Gasteiger partial charge < -0.3 is 4.43 Å². The molecule has 1 aliphatic rings. The molecule has 7 nitrogen and oxygen atoms in total. The fourth-order valence-electron chi connectivity index (χ4n) is 3.13. The summed E-state index contributed by atoms with van der Waals surface area (Å²) in [7, 11) is -2.25. The molecule has 0 aromatic heterocycles. The number of amides is 2. The van der Waals surface area contributed by atoms with Crippen LogP contribution in [0.4, 0.5) is 5.69 Å². The lowest BCUT2D eigenvalue weighted by molar-refractivity contribution is -0.158. The largest absolute Gasteiger partial charge is 0.403 e. The zero-order chi connectivity index (χ0) is 22.1. The Hall–Kier alpha value is -2.93. The molecule has 1 heterocycles. The van der Waals surface area contributed by atoms with Gasteiger partial charge in [-0.25, -0.2) is 0 Å². The maximum absolute atomic E-state index is 13.1. The Morgan fingerprint density at radius 2 is 1.70 bits per heavy atom. The number of rotatable bonds is 5. The maximum Gasteiger partial charge on any atom is 0.261 e. The molecule has 0 spiro atoms. The van der Waals surface area contributed by atoms with E-state index in [0.717, 1.165) is 5.56 Å². The number of hydrogen-bond donors (Lipinski definition) is 0. The summed E-state index contributed by atoms with van der Waals surface area (Å²) in [6.45, 7) is 10.5. The molecule has 1 saturated heterocycles. The second kappa shape index (κ2) is 8.06. The summed E-state index contributed by atoms with van der Waals surface area (Å²) in [5.74, 6) is -0.669. The van der Waals surface area contributed by atoms with E-state index in [1.165, 1.54) is 4.90 Å². The van der Waals surface area contributed by atoms with E-state index in [4.69, 9.17) is 9.96 Å². The van der Waals surface area contributed by atoms with E-state index in [-0.39, 0.29) is 16.9 Å². The van der Waals surface area contributed by atoms with Crippen molar-refractivity contribution in [3.05, 3.63) is 76.2 Å². The molecule has 0 aliphatic carbocycles. The molecule has 2 aromatic rings. The minimum absolute atomic E-state index is 0.0763. The predicted octanol–water partition coefficient (Wildman–Crippen LogP) is 5.74. The van der Waals surface area contributed by atoms with Gasteiger partial charge in [-0.2, -0.15) is 0 Å². The van der Waals surface area contributed by atoms with Gasteiger partial charge >= 0.3 is 0 Å². The zero-order valence-electron chi connectivity index (χ0n) is 17.9. The van der Waals surface area contributed by atoms with E-state index in [0.29, 0.717) is 11.3 Å². The number of azide groups is 1. The van der Waals surface area contributed by atoms with Crippen LogP contribution in [0.2, 0.25) is 18.1 Å². The average molecular weight is 423 g/mol. The molecule has 0 N–H and O–H groups in total. The van der Waals surface area contributed by atoms with Gasteiger partial charge in [0.05, 0.1) is 6.04 Å². The molecule has 2 aromatic carbocycles. The Bertz CT molecular complexity index is 993. The van der Waals surface area contributed by atoms with Gasteiger partial charge in [-0.1, -0.05) is 68.4 Å². The standard InChI is InChI=1S/C22H26N4O3Si/c1-22(2,3)30(4,5)29-19-18(15-11-13-17(14-12-15)24-25-23)26(21(19)28)20(27)16-9-7-6-8-10-16/h6-14,18-19H,1-5H3/t18-,19+/m0/s1. The van der Waals surface area contributed by atoms with Gasteiger partial charge in [0.1, 0.15) is 0 Å². The molecular weight excluding hydrogens is 396 g/mol.